The molecule has 1 aromatic carbocycles. The van der Waals surface area contributed by atoms with Gasteiger partial charge in [0.1, 0.15) is 5.75 Å². The first kappa shape index (κ1) is 17.3. The van der Waals surface area contributed by atoms with Gasteiger partial charge < -0.3 is 10.3 Å². The minimum Gasteiger partial charge on any atom is -0.404 e. The Morgan fingerprint density at radius 3 is 2.41 bits per heavy atom. The average molecular weight is 328 g/mol. The summed E-state index contributed by atoms with van der Waals surface area (Å²) in [6.07, 6.45) is 2.41. The summed E-state index contributed by atoms with van der Waals surface area (Å²) in [4.78, 5) is 2.33. The molecule has 1 aromatic rings. The highest BCUT2D eigenvalue weighted by Gasteiger charge is 2.28. The maximum Gasteiger partial charge on any atom is 0.530 e. The van der Waals surface area contributed by atoms with Gasteiger partial charge in [0.15, 0.2) is 0 Å². The highest BCUT2D eigenvalue weighted by Crippen LogP contribution is 2.50. The molecule has 124 valence electrons. The monoisotopic (exact) mass is 328 g/mol. The lowest BCUT2D eigenvalue weighted by Gasteiger charge is -2.21. The topological polar surface area (TPSA) is 74.0 Å². The maximum atomic E-state index is 12.5. The van der Waals surface area contributed by atoms with E-state index >= 15 is 0 Å². The van der Waals surface area contributed by atoms with Crippen molar-refractivity contribution in [3.05, 3.63) is 23.8 Å². The molecule has 2 N–H and O–H groups in total. The Morgan fingerprint density at radius 1 is 1.18 bits per heavy atom. The number of phosphoric acid groups is 1. The number of nitrogen functional groups attached to an aromatic ring is 1. The van der Waals surface area contributed by atoms with E-state index in [4.69, 9.17) is 19.3 Å². The van der Waals surface area contributed by atoms with E-state index in [1.807, 2.05) is 6.07 Å². The third-order valence-corrected chi connectivity index (χ3v) is 5.03. The van der Waals surface area contributed by atoms with Crippen molar-refractivity contribution >= 4 is 13.5 Å². The lowest BCUT2D eigenvalue weighted by molar-refractivity contribution is 0.166. The number of likely N-dealkylation sites (tertiary alicyclic amines) is 1. The largest absolute Gasteiger partial charge is 0.530 e. The fourth-order valence-corrected chi connectivity index (χ4v) is 3.75. The molecule has 2 rings (SSSR count). The smallest absolute Gasteiger partial charge is 0.404 e. The SMILES string of the molecule is CCOP(=O)(OCC)Oc1ccc(N)cc1CN1CCCC1. The maximum absolute atomic E-state index is 12.5. The third kappa shape index (κ3) is 4.71. The highest BCUT2D eigenvalue weighted by atomic mass is 31.2. The number of benzene rings is 1. The van der Waals surface area contributed by atoms with E-state index in [2.05, 4.69) is 4.90 Å². The summed E-state index contributed by atoms with van der Waals surface area (Å²) in [6.45, 7) is 6.86. The molecular weight excluding hydrogens is 303 g/mol. The normalized spacial score (nSPS) is 16.1. The molecule has 1 saturated heterocycles. The van der Waals surface area contributed by atoms with Gasteiger partial charge in [-0.2, -0.15) is 0 Å². The van der Waals surface area contributed by atoms with Crippen molar-refractivity contribution in [3.63, 3.8) is 0 Å². The first-order valence-corrected chi connectivity index (χ1v) is 9.22. The van der Waals surface area contributed by atoms with Crippen molar-refractivity contribution < 1.29 is 18.1 Å². The zero-order valence-electron chi connectivity index (χ0n) is 13.3. The quantitative estimate of drug-likeness (QED) is 0.582. The van der Waals surface area contributed by atoms with Gasteiger partial charge in [0.25, 0.3) is 0 Å². The first-order chi connectivity index (χ1) is 10.6. The minimum absolute atomic E-state index is 0.258. The summed E-state index contributed by atoms with van der Waals surface area (Å²) in [5.74, 6) is 0.506. The summed E-state index contributed by atoms with van der Waals surface area (Å²) >= 11 is 0. The van der Waals surface area contributed by atoms with E-state index in [0.717, 1.165) is 25.2 Å². The molecule has 0 radical (unpaired) electrons. The Morgan fingerprint density at radius 2 is 1.82 bits per heavy atom. The molecular formula is C15H25N2O4P. The molecule has 1 aliphatic rings. The van der Waals surface area contributed by atoms with Gasteiger partial charge >= 0.3 is 7.82 Å². The summed E-state index contributed by atoms with van der Waals surface area (Å²) in [6, 6.07) is 5.31. The highest BCUT2D eigenvalue weighted by molar-refractivity contribution is 7.48. The van der Waals surface area contributed by atoms with Gasteiger partial charge in [0, 0.05) is 17.8 Å². The van der Waals surface area contributed by atoms with Crippen LogP contribution in [-0.2, 0) is 20.2 Å². The predicted molar refractivity (Wildman–Crippen MR) is 86.9 cm³/mol. The second-order valence-electron chi connectivity index (χ2n) is 5.22. The number of rotatable bonds is 8. The van der Waals surface area contributed by atoms with E-state index in [1.54, 1.807) is 26.0 Å². The van der Waals surface area contributed by atoms with Crippen LogP contribution in [0.3, 0.4) is 0 Å². The number of hydrogen-bond acceptors (Lipinski definition) is 6. The Hall–Kier alpha value is -1.07. The number of nitrogens with two attached hydrogens (primary N) is 1. The van der Waals surface area contributed by atoms with Crippen LogP contribution in [0.1, 0.15) is 32.3 Å². The number of nitrogens with zero attached hydrogens (tertiary/aromatic N) is 1. The second kappa shape index (κ2) is 7.97. The Kier molecular flexibility index (Phi) is 6.26. The first-order valence-electron chi connectivity index (χ1n) is 7.75. The molecule has 1 heterocycles. The van der Waals surface area contributed by atoms with Gasteiger partial charge in [0.05, 0.1) is 13.2 Å². The van der Waals surface area contributed by atoms with Crippen LogP contribution in [0, 0.1) is 0 Å². The fourth-order valence-electron chi connectivity index (χ4n) is 2.52. The molecule has 0 spiro atoms. The minimum atomic E-state index is -3.59. The zero-order valence-corrected chi connectivity index (χ0v) is 14.2. The van der Waals surface area contributed by atoms with Gasteiger partial charge in [0.2, 0.25) is 0 Å². The van der Waals surface area contributed by atoms with Crippen molar-refractivity contribution in [1.29, 1.82) is 0 Å². The molecule has 0 atom stereocenters. The summed E-state index contributed by atoms with van der Waals surface area (Å²) in [5.41, 5.74) is 7.44. The summed E-state index contributed by atoms with van der Waals surface area (Å²) in [5, 5.41) is 0. The van der Waals surface area contributed by atoms with Crippen LogP contribution in [0.15, 0.2) is 18.2 Å². The van der Waals surface area contributed by atoms with Gasteiger partial charge in [-0.15, -0.1) is 0 Å². The second-order valence-corrected chi connectivity index (χ2v) is 6.82. The molecule has 6 nitrogen and oxygen atoms in total. The van der Waals surface area contributed by atoms with Crippen LogP contribution < -0.4 is 10.3 Å². The Balaban J connectivity index is 2.19. The van der Waals surface area contributed by atoms with Crippen molar-refractivity contribution in [2.45, 2.75) is 33.2 Å². The van der Waals surface area contributed by atoms with E-state index in [9.17, 15) is 4.57 Å². The van der Waals surface area contributed by atoms with Crippen molar-refractivity contribution in [2.24, 2.45) is 0 Å². The van der Waals surface area contributed by atoms with Crippen molar-refractivity contribution in [1.82, 2.24) is 4.90 Å². The number of hydrogen-bond donors (Lipinski definition) is 1. The number of anilines is 1. The van der Waals surface area contributed by atoms with Gasteiger partial charge in [-0.3, -0.25) is 13.9 Å². The molecule has 7 heteroatoms. The van der Waals surface area contributed by atoms with Crippen LogP contribution in [0.25, 0.3) is 0 Å². The van der Waals surface area contributed by atoms with Gasteiger partial charge in [-0.25, -0.2) is 4.57 Å². The van der Waals surface area contributed by atoms with Crippen LogP contribution in [0.2, 0.25) is 0 Å². The Labute approximate surface area is 132 Å². The van der Waals surface area contributed by atoms with Crippen molar-refractivity contribution in [3.8, 4) is 5.75 Å². The average Bonchev–Trinajstić information content (AvgIpc) is 2.95. The molecule has 0 amide bonds. The summed E-state index contributed by atoms with van der Waals surface area (Å²) < 4.78 is 28.5. The van der Waals surface area contributed by atoms with Crippen LogP contribution in [-0.4, -0.2) is 31.2 Å². The Bertz CT molecular complexity index is 522. The molecule has 0 aliphatic carbocycles. The zero-order chi connectivity index (χ0) is 16.0. The van der Waals surface area contributed by atoms with Crippen LogP contribution in [0.4, 0.5) is 5.69 Å². The van der Waals surface area contributed by atoms with E-state index in [0.29, 0.717) is 11.4 Å². The third-order valence-electron chi connectivity index (χ3n) is 3.46. The van der Waals surface area contributed by atoms with E-state index in [1.165, 1.54) is 12.8 Å². The van der Waals surface area contributed by atoms with Crippen LogP contribution in [0.5, 0.6) is 5.75 Å². The van der Waals surface area contributed by atoms with Crippen molar-refractivity contribution in [2.75, 3.05) is 32.0 Å². The molecule has 0 saturated carbocycles. The van der Waals surface area contributed by atoms with E-state index < -0.39 is 7.82 Å². The lowest BCUT2D eigenvalue weighted by atomic mass is 10.1. The molecule has 1 fully saturated rings. The molecule has 0 aromatic heterocycles. The molecule has 22 heavy (non-hydrogen) atoms. The predicted octanol–water partition coefficient (Wildman–Crippen LogP) is 3.42. The standard InChI is InChI=1S/C15H25N2O4P/c1-3-19-22(18,20-4-2)21-15-8-7-14(16)11-13(15)12-17-9-5-6-10-17/h7-8,11H,3-6,9-10,12,16H2,1-2H3. The number of phosphoric ester groups is 1. The van der Waals surface area contributed by atoms with Gasteiger partial charge in [-0.1, -0.05) is 0 Å². The lowest BCUT2D eigenvalue weighted by Crippen LogP contribution is -2.19. The van der Waals surface area contributed by atoms with E-state index in [-0.39, 0.29) is 13.2 Å². The fraction of sp³-hybridized carbons (Fsp3) is 0.600. The summed E-state index contributed by atoms with van der Waals surface area (Å²) in [7, 11) is -3.59. The molecule has 1 aliphatic heterocycles. The van der Waals surface area contributed by atoms with Gasteiger partial charge in [-0.05, 0) is 58.0 Å². The molecule has 0 bridgehead atoms. The molecule has 0 unspecified atom stereocenters. The van der Waals surface area contributed by atoms with Crippen LogP contribution >= 0.6 is 7.82 Å².